The van der Waals surface area contributed by atoms with Crippen LogP contribution < -0.4 is 11.0 Å². The molecule has 0 aliphatic rings. The zero-order valence-electron chi connectivity index (χ0n) is 7.46. The summed E-state index contributed by atoms with van der Waals surface area (Å²) in [7, 11) is 2.97. The van der Waals surface area contributed by atoms with Gasteiger partial charge in [-0.25, -0.2) is 20.5 Å². The van der Waals surface area contributed by atoms with Crippen molar-refractivity contribution >= 4 is 11.9 Å². The lowest BCUT2D eigenvalue weighted by Gasteiger charge is -2.02. The summed E-state index contributed by atoms with van der Waals surface area (Å²) in [5, 5.41) is 0. The molecule has 0 aromatic rings. The maximum absolute atomic E-state index is 10.7. The molecule has 0 fully saturated rings. The highest BCUT2D eigenvalue weighted by Crippen LogP contribution is 1.82. The summed E-state index contributed by atoms with van der Waals surface area (Å²) in [4.78, 5) is 30.3. The number of hydrogen-bond acceptors (Lipinski definition) is 7. The highest BCUT2D eigenvalue weighted by molar-refractivity contribution is 5.86. The van der Waals surface area contributed by atoms with E-state index in [0.29, 0.717) is 0 Å². The van der Waals surface area contributed by atoms with Gasteiger partial charge in [-0.1, -0.05) is 0 Å². The van der Waals surface area contributed by atoms with Crippen molar-refractivity contribution in [2.75, 3.05) is 27.3 Å². The molecule has 0 saturated heterocycles. The molecular weight excluding hydrogens is 180 g/mol. The Morgan fingerprint density at radius 3 is 1.69 bits per heavy atom. The van der Waals surface area contributed by atoms with Gasteiger partial charge in [-0.3, -0.25) is 9.68 Å². The van der Waals surface area contributed by atoms with Gasteiger partial charge in [-0.05, 0) is 0 Å². The first kappa shape index (κ1) is 12.0. The minimum absolute atomic E-state index is 0.332. The average molecular weight is 192 g/mol. The van der Waals surface area contributed by atoms with Crippen LogP contribution in [0.5, 0.6) is 0 Å². The van der Waals surface area contributed by atoms with E-state index in [1.165, 1.54) is 14.1 Å². The van der Waals surface area contributed by atoms with Crippen LogP contribution in [0, 0.1) is 0 Å². The number of rotatable bonds is 6. The predicted octanol–water partition coefficient (Wildman–Crippen LogP) is -1.64. The summed E-state index contributed by atoms with van der Waals surface area (Å²) in [5.41, 5.74) is 4.52. The molecule has 0 bridgehead atoms. The summed E-state index contributed by atoms with van der Waals surface area (Å²) >= 11 is 0. The second-order valence-corrected chi connectivity index (χ2v) is 1.83. The molecule has 0 aromatic heterocycles. The van der Waals surface area contributed by atoms with Crippen LogP contribution >= 0.6 is 0 Å². The summed E-state index contributed by atoms with van der Waals surface area (Å²) in [6.45, 7) is -0.663. The Kier molecular flexibility index (Phi) is 7.02. The summed E-state index contributed by atoms with van der Waals surface area (Å²) in [6.07, 6.45) is 0. The third kappa shape index (κ3) is 7.34. The molecule has 0 spiro atoms. The lowest BCUT2D eigenvalue weighted by molar-refractivity contribution is -0.168. The Balaban J connectivity index is 3.47. The fraction of sp³-hybridized carbons (Fsp3) is 0.667. The molecule has 7 heteroatoms. The molecule has 7 nitrogen and oxygen atoms in total. The van der Waals surface area contributed by atoms with Crippen LogP contribution in [0.25, 0.3) is 0 Å². The van der Waals surface area contributed by atoms with E-state index < -0.39 is 11.9 Å². The van der Waals surface area contributed by atoms with E-state index in [0.717, 1.165) is 0 Å². The molecule has 76 valence electrons. The highest BCUT2D eigenvalue weighted by Gasteiger charge is 2.10. The Bertz CT molecular complexity index is 154. The third-order valence-corrected chi connectivity index (χ3v) is 0.896. The molecule has 0 rings (SSSR count). The standard InChI is InChI=1S/C6H12N2O5/c1-7-11-3-5(9)13-6(10)4-12-8-2/h7-8H,3-4H2,1-2H3. The molecule has 0 aliphatic carbocycles. The van der Waals surface area contributed by atoms with Gasteiger partial charge in [0.2, 0.25) is 0 Å². The topological polar surface area (TPSA) is 85.9 Å². The average Bonchev–Trinajstić information content (AvgIpc) is 2.11. The van der Waals surface area contributed by atoms with Gasteiger partial charge in [0.25, 0.3) is 0 Å². The van der Waals surface area contributed by atoms with Crippen molar-refractivity contribution < 1.29 is 24.0 Å². The van der Waals surface area contributed by atoms with Gasteiger partial charge in [0.05, 0.1) is 0 Å². The van der Waals surface area contributed by atoms with Gasteiger partial charge < -0.3 is 4.74 Å². The van der Waals surface area contributed by atoms with Crippen molar-refractivity contribution in [1.82, 2.24) is 11.0 Å². The molecule has 0 radical (unpaired) electrons. The van der Waals surface area contributed by atoms with Crippen molar-refractivity contribution in [2.45, 2.75) is 0 Å². The summed E-state index contributed by atoms with van der Waals surface area (Å²) in [5.74, 6) is -1.56. The quantitative estimate of drug-likeness (QED) is 0.296. The van der Waals surface area contributed by atoms with E-state index in [4.69, 9.17) is 0 Å². The molecule has 0 atom stereocenters. The molecule has 13 heavy (non-hydrogen) atoms. The molecule has 0 unspecified atom stereocenters. The van der Waals surface area contributed by atoms with Gasteiger partial charge in [0.1, 0.15) is 0 Å². The number of hydrogen-bond donors (Lipinski definition) is 2. The lowest BCUT2D eigenvalue weighted by atomic mass is 10.7. The van der Waals surface area contributed by atoms with Crippen LogP contribution in [-0.2, 0) is 24.0 Å². The van der Waals surface area contributed by atoms with Crippen LogP contribution in [0.3, 0.4) is 0 Å². The monoisotopic (exact) mass is 192 g/mol. The number of hydroxylamine groups is 2. The van der Waals surface area contributed by atoms with Crippen molar-refractivity contribution in [1.29, 1.82) is 0 Å². The van der Waals surface area contributed by atoms with E-state index in [1.54, 1.807) is 0 Å². The number of ether oxygens (including phenoxy) is 1. The molecule has 0 aromatic carbocycles. The second kappa shape index (κ2) is 7.62. The van der Waals surface area contributed by atoms with Crippen LogP contribution in [-0.4, -0.2) is 39.2 Å². The van der Waals surface area contributed by atoms with E-state index in [-0.39, 0.29) is 13.2 Å². The van der Waals surface area contributed by atoms with Crippen molar-refractivity contribution in [3.8, 4) is 0 Å². The Morgan fingerprint density at radius 2 is 1.38 bits per heavy atom. The Hall–Kier alpha value is -1.02. The maximum Gasteiger partial charge on any atom is 0.341 e. The van der Waals surface area contributed by atoms with Gasteiger partial charge in [0, 0.05) is 14.1 Å². The third-order valence-electron chi connectivity index (χ3n) is 0.896. The van der Waals surface area contributed by atoms with Gasteiger partial charge in [-0.15, -0.1) is 0 Å². The largest absolute Gasteiger partial charge is 0.390 e. The zero-order chi connectivity index (χ0) is 10.1. The van der Waals surface area contributed by atoms with Crippen LogP contribution in [0.15, 0.2) is 0 Å². The van der Waals surface area contributed by atoms with E-state index in [1.807, 2.05) is 0 Å². The van der Waals surface area contributed by atoms with Crippen LogP contribution in [0.1, 0.15) is 0 Å². The van der Waals surface area contributed by atoms with Gasteiger partial charge in [-0.2, -0.15) is 0 Å². The van der Waals surface area contributed by atoms with Crippen LogP contribution in [0.2, 0.25) is 0 Å². The van der Waals surface area contributed by atoms with E-state index in [2.05, 4.69) is 25.4 Å². The normalized spacial score (nSPS) is 9.69. The van der Waals surface area contributed by atoms with Crippen molar-refractivity contribution in [2.24, 2.45) is 0 Å². The zero-order valence-corrected chi connectivity index (χ0v) is 7.46. The molecule has 0 aliphatic heterocycles. The van der Waals surface area contributed by atoms with Crippen LogP contribution in [0.4, 0.5) is 0 Å². The van der Waals surface area contributed by atoms with Crippen molar-refractivity contribution in [3.63, 3.8) is 0 Å². The predicted molar refractivity (Wildman–Crippen MR) is 41.1 cm³/mol. The number of esters is 2. The summed E-state index contributed by atoms with van der Waals surface area (Å²) in [6, 6.07) is 0. The fourth-order valence-electron chi connectivity index (χ4n) is 0.448. The Labute approximate surface area is 75.2 Å². The number of nitrogens with one attached hydrogen (secondary N) is 2. The smallest absolute Gasteiger partial charge is 0.341 e. The SMILES string of the molecule is CNOCC(=O)OC(=O)CONC. The Morgan fingerprint density at radius 1 is 1.00 bits per heavy atom. The number of carbonyl (C=O) groups is 2. The molecule has 0 saturated carbocycles. The minimum Gasteiger partial charge on any atom is -0.390 e. The van der Waals surface area contributed by atoms with Crippen molar-refractivity contribution in [3.05, 3.63) is 0 Å². The first-order valence-corrected chi connectivity index (χ1v) is 3.51. The summed E-state index contributed by atoms with van der Waals surface area (Å²) < 4.78 is 4.25. The maximum atomic E-state index is 10.7. The van der Waals surface area contributed by atoms with Gasteiger partial charge >= 0.3 is 11.9 Å². The fourth-order valence-corrected chi connectivity index (χ4v) is 0.448. The van der Waals surface area contributed by atoms with Gasteiger partial charge in [0.15, 0.2) is 13.2 Å². The molecule has 2 N–H and O–H groups in total. The first-order valence-electron chi connectivity index (χ1n) is 3.51. The lowest BCUT2D eigenvalue weighted by Crippen LogP contribution is -2.25. The molecule has 0 heterocycles. The second-order valence-electron chi connectivity index (χ2n) is 1.83. The molecular formula is C6H12N2O5. The minimum atomic E-state index is -0.779. The van der Waals surface area contributed by atoms with E-state index >= 15 is 0 Å². The van der Waals surface area contributed by atoms with E-state index in [9.17, 15) is 9.59 Å². The number of carbonyl (C=O) groups excluding carboxylic acids is 2. The first-order chi connectivity index (χ1) is 6.20. The molecule has 0 amide bonds. The highest BCUT2D eigenvalue weighted by atomic mass is 16.7.